The van der Waals surface area contributed by atoms with E-state index in [-0.39, 0.29) is 0 Å². The minimum atomic E-state index is 0.314. The standard InChI is InChI=1S/C18H21N3/c1-13(19-11-18-12-20-21(3)14(18)2)16-9-8-15-6-4-5-7-17(15)10-16/h4-10,12-13,19H,11H2,1-3H3. The first-order valence-corrected chi connectivity index (χ1v) is 7.34. The van der Waals surface area contributed by atoms with E-state index in [1.54, 1.807) is 0 Å². The van der Waals surface area contributed by atoms with Crippen LogP contribution in [-0.4, -0.2) is 9.78 Å². The van der Waals surface area contributed by atoms with Crippen LogP contribution in [0, 0.1) is 6.92 Å². The van der Waals surface area contributed by atoms with Crippen molar-refractivity contribution in [2.75, 3.05) is 0 Å². The normalized spacial score (nSPS) is 12.7. The Kier molecular flexibility index (Phi) is 3.76. The van der Waals surface area contributed by atoms with Crippen LogP contribution in [0.15, 0.2) is 48.7 Å². The summed E-state index contributed by atoms with van der Waals surface area (Å²) in [6, 6.07) is 15.5. The second-order valence-electron chi connectivity index (χ2n) is 5.59. The van der Waals surface area contributed by atoms with Crippen LogP contribution in [0.2, 0.25) is 0 Å². The topological polar surface area (TPSA) is 29.9 Å². The van der Waals surface area contributed by atoms with E-state index in [0.29, 0.717) is 6.04 Å². The fourth-order valence-corrected chi connectivity index (χ4v) is 2.58. The maximum absolute atomic E-state index is 4.28. The van der Waals surface area contributed by atoms with Crippen molar-refractivity contribution >= 4 is 10.8 Å². The van der Waals surface area contributed by atoms with Crippen LogP contribution in [0.25, 0.3) is 10.8 Å². The summed E-state index contributed by atoms with van der Waals surface area (Å²) >= 11 is 0. The number of hydrogen-bond acceptors (Lipinski definition) is 2. The highest BCUT2D eigenvalue weighted by Crippen LogP contribution is 2.20. The Morgan fingerprint density at radius 1 is 1.14 bits per heavy atom. The van der Waals surface area contributed by atoms with Gasteiger partial charge in [-0.25, -0.2) is 0 Å². The van der Waals surface area contributed by atoms with Gasteiger partial charge in [0.15, 0.2) is 0 Å². The van der Waals surface area contributed by atoms with Crippen LogP contribution in [0.1, 0.15) is 29.8 Å². The molecule has 0 spiro atoms. The Hall–Kier alpha value is -2.13. The monoisotopic (exact) mass is 279 g/mol. The second kappa shape index (κ2) is 5.70. The lowest BCUT2D eigenvalue weighted by Gasteiger charge is -2.15. The molecule has 21 heavy (non-hydrogen) atoms. The number of rotatable bonds is 4. The first-order chi connectivity index (χ1) is 10.1. The molecule has 1 heterocycles. The van der Waals surface area contributed by atoms with Gasteiger partial charge in [0.25, 0.3) is 0 Å². The van der Waals surface area contributed by atoms with E-state index < -0.39 is 0 Å². The third-order valence-electron chi connectivity index (χ3n) is 4.21. The van der Waals surface area contributed by atoms with Gasteiger partial charge in [-0.2, -0.15) is 5.10 Å². The van der Waals surface area contributed by atoms with E-state index in [1.165, 1.54) is 27.6 Å². The van der Waals surface area contributed by atoms with Crippen LogP contribution >= 0.6 is 0 Å². The SMILES string of the molecule is Cc1c(CNC(C)c2ccc3ccccc3c2)cnn1C. The summed E-state index contributed by atoms with van der Waals surface area (Å²) in [5.41, 5.74) is 3.79. The zero-order valence-electron chi connectivity index (χ0n) is 12.8. The van der Waals surface area contributed by atoms with Crippen molar-refractivity contribution in [3.8, 4) is 0 Å². The first kappa shape index (κ1) is 13.8. The molecular formula is C18H21N3. The van der Waals surface area contributed by atoms with Crippen molar-refractivity contribution in [1.29, 1.82) is 0 Å². The fraction of sp³-hybridized carbons (Fsp3) is 0.278. The van der Waals surface area contributed by atoms with Crippen LogP contribution in [-0.2, 0) is 13.6 Å². The quantitative estimate of drug-likeness (QED) is 0.788. The van der Waals surface area contributed by atoms with Gasteiger partial charge < -0.3 is 5.32 Å². The second-order valence-corrected chi connectivity index (χ2v) is 5.59. The minimum absolute atomic E-state index is 0.314. The van der Waals surface area contributed by atoms with Gasteiger partial charge in [-0.15, -0.1) is 0 Å². The van der Waals surface area contributed by atoms with E-state index >= 15 is 0 Å². The Morgan fingerprint density at radius 3 is 2.62 bits per heavy atom. The van der Waals surface area contributed by atoms with Gasteiger partial charge in [0.1, 0.15) is 0 Å². The number of aromatic nitrogens is 2. The van der Waals surface area contributed by atoms with Crippen molar-refractivity contribution in [2.45, 2.75) is 26.4 Å². The molecule has 0 amide bonds. The van der Waals surface area contributed by atoms with E-state index in [0.717, 1.165) is 6.54 Å². The summed E-state index contributed by atoms with van der Waals surface area (Å²) in [5.74, 6) is 0. The molecule has 0 aliphatic rings. The van der Waals surface area contributed by atoms with Gasteiger partial charge in [-0.05, 0) is 36.2 Å². The molecule has 2 aromatic carbocycles. The summed E-state index contributed by atoms with van der Waals surface area (Å²) < 4.78 is 1.91. The number of nitrogens with one attached hydrogen (secondary N) is 1. The average Bonchev–Trinajstić information content (AvgIpc) is 2.84. The molecule has 3 nitrogen and oxygen atoms in total. The Morgan fingerprint density at radius 2 is 1.90 bits per heavy atom. The minimum Gasteiger partial charge on any atom is -0.306 e. The van der Waals surface area contributed by atoms with Crippen molar-refractivity contribution in [1.82, 2.24) is 15.1 Å². The zero-order chi connectivity index (χ0) is 14.8. The van der Waals surface area contributed by atoms with Crippen LogP contribution in [0.5, 0.6) is 0 Å². The Balaban J connectivity index is 1.74. The highest BCUT2D eigenvalue weighted by Gasteiger charge is 2.08. The molecule has 0 radical (unpaired) electrons. The highest BCUT2D eigenvalue weighted by atomic mass is 15.3. The van der Waals surface area contributed by atoms with Gasteiger partial charge in [0, 0.05) is 30.9 Å². The third kappa shape index (κ3) is 2.83. The van der Waals surface area contributed by atoms with E-state index in [2.05, 4.69) is 66.7 Å². The Labute approximate surface area is 125 Å². The molecule has 0 aliphatic heterocycles. The predicted molar refractivity (Wildman–Crippen MR) is 87.1 cm³/mol. The fourth-order valence-electron chi connectivity index (χ4n) is 2.58. The van der Waals surface area contributed by atoms with Crippen molar-refractivity contribution in [3.63, 3.8) is 0 Å². The molecule has 108 valence electrons. The van der Waals surface area contributed by atoms with Crippen molar-refractivity contribution in [2.24, 2.45) is 7.05 Å². The summed E-state index contributed by atoms with van der Waals surface area (Å²) in [7, 11) is 1.98. The molecular weight excluding hydrogens is 258 g/mol. The van der Waals surface area contributed by atoms with Gasteiger partial charge in [-0.1, -0.05) is 36.4 Å². The van der Waals surface area contributed by atoms with Crippen LogP contribution in [0.4, 0.5) is 0 Å². The van der Waals surface area contributed by atoms with Crippen molar-refractivity contribution in [3.05, 3.63) is 65.5 Å². The lowest BCUT2D eigenvalue weighted by atomic mass is 10.0. The smallest absolute Gasteiger partial charge is 0.0537 e. The summed E-state index contributed by atoms with van der Waals surface area (Å²) in [6.07, 6.45) is 1.94. The highest BCUT2D eigenvalue weighted by molar-refractivity contribution is 5.83. The molecule has 0 saturated carbocycles. The summed E-state index contributed by atoms with van der Waals surface area (Å²) in [6.45, 7) is 5.15. The lowest BCUT2D eigenvalue weighted by Crippen LogP contribution is -2.18. The van der Waals surface area contributed by atoms with E-state index in [9.17, 15) is 0 Å². The van der Waals surface area contributed by atoms with Gasteiger partial charge in [0.05, 0.1) is 6.20 Å². The molecule has 1 N–H and O–H groups in total. The number of benzene rings is 2. The number of nitrogens with zero attached hydrogens (tertiary/aromatic N) is 2. The van der Waals surface area contributed by atoms with Crippen LogP contribution < -0.4 is 5.32 Å². The van der Waals surface area contributed by atoms with E-state index in [4.69, 9.17) is 0 Å². The summed E-state index contributed by atoms with van der Waals surface area (Å²) in [5, 5.41) is 10.4. The average molecular weight is 279 g/mol. The lowest BCUT2D eigenvalue weighted by molar-refractivity contribution is 0.573. The Bertz CT molecular complexity index is 758. The molecule has 1 unspecified atom stereocenters. The van der Waals surface area contributed by atoms with E-state index in [1.807, 2.05) is 17.9 Å². The largest absolute Gasteiger partial charge is 0.306 e. The molecule has 1 atom stereocenters. The molecule has 0 bridgehead atoms. The summed E-state index contributed by atoms with van der Waals surface area (Å²) in [4.78, 5) is 0. The molecule has 3 aromatic rings. The molecule has 0 aliphatic carbocycles. The number of hydrogen-bond donors (Lipinski definition) is 1. The third-order valence-corrected chi connectivity index (χ3v) is 4.21. The maximum Gasteiger partial charge on any atom is 0.0537 e. The maximum atomic E-state index is 4.28. The van der Waals surface area contributed by atoms with Crippen molar-refractivity contribution < 1.29 is 0 Å². The van der Waals surface area contributed by atoms with Crippen LogP contribution in [0.3, 0.4) is 0 Å². The molecule has 0 saturated heterocycles. The first-order valence-electron chi connectivity index (χ1n) is 7.34. The van der Waals surface area contributed by atoms with Gasteiger partial charge in [-0.3, -0.25) is 4.68 Å². The number of aryl methyl sites for hydroxylation is 1. The molecule has 0 fully saturated rings. The molecule has 3 rings (SSSR count). The predicted octanol–water partition coefficient (Wildman–Crippen LogP) is 3.73. The zero-order valence-corrected chi connectivity index (χ0v) is 12.8. The molecule has 3 heteroatoms. The number of fused-ring (bicyclic) bond motifs is 1. The van der Waals surface area contributed by atoms with Gasteiger partial charge in [0.2, 0.25) is 0 Å². The molecule has 1 aromatic heterocycles. The van der Waals surface area contributed by atoms with Gasteiger partial charge >= 0.3 is 0 Å².